The van der Waals surface area contributed by atoms with Crippen LogP contribution in [0.25, 0.3) is 33.5 Å². The number of nitrogens with one attached hydrogen (secondary N) is 1. The highest BCUT2D eigenvalue weighted by Gasteiger charge is 2.14. The molecule has 1 aromatic heterocycles. The van der Waals surface area contributed by atoms with Gasteiger partial charge in [-0.25, -0.2) is 4.98 Å². The summed E-state index contributed by atoms with van der Waals surface area (Å²) in [7, 11) is 0. The Balaban J connectivity index is 1.80. The molecule has 0 fully saturated rings. The second-order valence-electron chi connectivity index (χ2n) is 7.62. The standard InChI is InChI=1S/C23H21BrN2/c1-23(2,3)17-12-10-15(11-13-17)22-25-20-9-5-8-19(21(20)26-22)16-6-4-7-18(24)14-16/h4-14H,1-3H3,(H,25,26). The summed E-state index contributed by atoms with van der Waals surface area (Å²) in [5, 5.41) is 0. The van der Waals surface area contributed by atoms with E-state index in [0.29, 0.717) is 0 Å². The summed E-state index contributed by atoms with van der Waals surface area (Å²) < 4.78 is 1.07. The molecule has 4 aromatic rings. The van der Waals surface area contributed by atoms with Crippen molar-refractivity contribution in [2.45, 2.75) is 26.2 Å². The lowest BCUT2D eigenvalue weighted by Crippen LogP contribution is -2.10. The molecule has 0 bridgehead atoms. The van der Waals surface area contributed by atoms with Gasteiger partial charge in [0.2, 0.25) is 0 Å². The number of hydrogen-bond acceptors (Lipinski definition) is 1. The smallest absolute Gasteiger partial charge is 0.138 e. The van der Waals surface area contributed by atoms with Gasteiger partial charge in [0.1, 0.15) is 5.82 Å². The molecule has 0 unspecified atom stereocenters. The Hall–Kier alpha value is -2.39. The minimum atomic E-state index is 0.153. The van der Waals surface area contributed by atoms with Crippen molar-refractivity contribution < 1.29 is 0 Å². The summed E-state index contributed by atoms with van der Waals surface area (Å²) in [6, 6.07) is 23.3. The fourth-order valence-electron chi connectivity index (χ4n) is 3.19. The quantitative estimate of drug-likeness (QED) is 0.384. The number of benzene rings is 3. The predicted octanol–water partition coefficient (Wildman–Crippen LogP) is 6.96. The first kappa shape index (κ1) is 17.0. The molecule has 4 rings (SSSR count). The number of H-pyrrole nitrogens is 1. The molecule has 0 radical (unpaired) electrons. The first-order valence-electron chi connectivity index (χ1n) is 8.77. The number of aromatic amines is 1. The van der Waals surface area contributed by atoms with E-state index in [1.54, 1.807) is 0 Å². The Kier molecular flexibility index (Phi) is 4.20. The first-order valence-corrected chi connectivity index (χ1v) is 9.57. The van der Waals surface area contributed by atoms with Crippen LogP contribution in [0.5, 0.6) is 0 Å². The number of fused-ring (bicyclic) bond motifs is 1. The predicted molar refractivity (Wildman–Crippen MR) is 113 cm³/mol. The minimum Gasteiger partial charge on any atom is -0.338 e. The zero-order valence-electron chi connectivity index (χ0n) is 15.2. The summed E-state index contributed by atoms with van der Waals surface area (Å²) in [5.41, 5.74) is 6.93. The van der Waals surface area contributed by atoms with Crippen molar-refractivity contribution in [3.63, 3.8) is 0 Å². The van der Waals surface area contributed by atoms with Crippen LogP contribution in [0.4, 0.5) is 0 Å². The molecule has 0 saturated carbocycles. The lowest BCUT2D eigenvalue weighted by Gasteiger charge is -2.18. The largest absolute Gasteiger partial charge is 0.338 e. The number of nitrogens with zero attached hydrogens (tertiary/aromatic N) is 1. The number of rotatable bonds is 2. The van der Waals surface area contributed by atoms with Gasteiger partial charge >= 0.3 is 0 Å². The highest BCUT2D eigenvalue weighted by atomic mass is 79.9. The molecular weight excluding hydrogens is 384 g/mol. The highest BCUT2D eigenvalue weighted by Crippen LogP contribution is 2.31. The molecule has 3 heteroatoms. The number of aromatic nitrogens is 2. The Morgan fingerprint density at radius 2 is 1.58 bits per heavy atom. The molecule has 0 aliphatic heterocycles. The average Bonchev–Trinajstić information content (AvgIpc) is 3.05. The molecule has 2 nitrogen and oxygen atoms in total. The molecule has 0 amide bonds. The van der Waals surface area contributed by atoms with E-state index in [9.17, 15) is 0 Å². The van der Waals surface area contributed by atoms with E-state index < -0.39 is 0 Å². The van der Waals surface area contributed by atoms with Crippen molar-refractivity contribution in [3.05, 3.63) is 76.8 Å². The van der Waals surface area contributed by atoms with Gasteiger partial charge in [-0.1, -0.05) is 85.2 Å². The van der Waals surface area contributed by atoms with Gasteiger partial charge in [-0.3, -0.25) is 0 Å². The van der Waals surface area contributed by atoms with Crippen LogP contribution in [-0.4, -0.2) is 9.97 Å². The highest BCUT2D eigenvalue weighted by molar-refractivity contribution is 9.10. The second-order valence-corrected chi connectivity index (χ2v) is 8.54. The van der Waals surface area contributed by atoms with Gasteiger partial charge in [-0.2, -0.15) is 0 Å². The second kappa shape index (κ2) is 6.40. The van der Waals surface area contributed by atoms with Gasteiger partial charge in [0.05, 0.1) is 11.0 Å². The Bertz CT molecular complexity index is 1070. The van der Waals surface area contributed by atoms with Crippen molar-refractivity contribution in [2.24, 2.45) is 0 Å². The number of imidazole rings is 1. The van der Waals surface area contributed by atoms with Crippen molar-refractivity contribution in [1.29, 1.82) is 0 Å². The van der Waals surface area contributed by atoms with Crippen LogP contribution in [0.1, 0.15) is 26.3 Å². The molecule has 1 heterocycles. The van der Waals surface area contributed by atoms with E-state index in [1.165, 1.54) is 5.56 Å². The topological polar surface area (TPSA) is 28.7 Å². The molecule has 0 aliphatic carbocycles. The lowest BCUT2D eigenvalue weighted by molar-refractivity contribution is 0.590. The maximum Gasteiger partial charge on any atom is 0.138 e. The van der Waals surface area contributed by atoms with Crippen LogP contribution in [0.15, 0.2) is 71.2 Å². The van der Waals surface area contributed by atoms with Crippen LogP contribution in [-0.2, 0) is 5.41 Å². The number of hydrogen-bond donors (Lipinski definition) is 1. The third-order valence-electron chi connectivity index (χ3n) is 4.67. The van der Waals surface area contributed by atoms with E-state index in [-0.39, 0.29) is 5.41 Å². The van der Waals surface area contributed by atoms with Gasteiger partial charge in [0.15, 0.2) is 0 Å². The van der Waals surface area contributed by atoms with Gasteiger partial charge in [0, 0.05) is 15.6 Å². The minimum absolute atomic E-state index is 0.153. The van der Waals surface area contributed by atoms with Crippen LogP contribution in [0, 0.1) is 0 Å². The van der Waals surface area contributed by atoms with Gasteiger partial charge in [-0.15, -0.1) is 0 Å². The molecular formula is C23H21BrN2. The zero-order chi connectivity index (χ0) is 18.3. The summed E-state index contributed by atoms with van der Waals surface area (Å²) in [5.74, 6) is 0.905. The lowest BCUT2D eigenvalue weighted by atomic mass is 9.87. The molecule has 1 N–H and O–H groups in total. The van der Waals surface area contributed by atoms with Crippen LogP contribution < -0.4 is 0 Å². The maximum atomic E-state index is 4.91. The van der Waals surface area contributed by atoms with E-state index >= 15 is 0 Å². The molecule has 130 valence electrons. The first-order chi connectivity index (χ1) is 12.4. The molecule has 3 aromatic carbocycles. The van der Waals surface area contributed by atoms with Crippen LogP contribution >= 0.6 is 15.9 Å². The molecule has 0 atom stereocenters. The van der Waals surface area contributed by atoms with E-state index in [1.807, 2.05) is 6.07 Å². The van der Waals surface area contributed by atoms with Crippen LogP contribution in [0.2, 0.25) is 0 Å². The van der Waals surface area contributed by atoms with Crippen molar-refractivity contribution in [2.75, 3.05) is 0 Å². The Morgan fingerprint density at radius 1 is 0.846 bits per heavy atom. The summed E-state index contributed by atoms with van der Waals surface area (Å²) in [6.07, 6.45) is 0. The van der Waals surface area contributed by atoms with E-state index in [4.69, 9.17) is 4.98 Å². The van der Waals surface area contributed by atoms with Crippen LogP contribution in [0.3, 0.4) is 0 Å². The third-order valence-corrected chi connectivity index (χ3v) is 5.17. The third kappa shape index (κ3) is 3.19. The van der Waals surface area contributed by atoms with Gasteiger partial charge in [0.25, 0.3) is 0 Å². The molecule has 0 spiro atoms. The summed E-state index contributed by atoms with van der Waals surface area (Å²) >= 11 is 3.56. The number of halogens is 1. The molecule has 26 heavy (non-hydrogen) atoms. The molecule has 0 aliphatic rings. The van der Waals surface area contributed by atoms with Crippen molar-refractivity contribution in [1.82, 2.24) is 9.97 Å². The SMILES string of the molecule is CC(C)(C)c1ccc(-c2nc3c(-c4cccc(Br)c4)cccc3[nH]2)cc1. The number of para-hydroxylation sites is 1. The van der Waals surface area contributed by atoms with Gasteiger partial charge < -0.3 is 4.98 Å². The van der Waals surface area contributed by atoms with Crippen molar-refractivity contribution in [3.8, 4) is 22.5 Å². The summed E-state index contributed by atoms with van der Waals surface area (Å²) in [6.45, 7) is 6.69. The maximum absolute atomic E-state index is 4.91. The molecule has 0 saturated heterocycles. The normalized spacial score (nSPS) is 11.8. The monoisotopic (exact) mass is 404 g/mol. The Labute approximate surface area is 162 Å². The van der Waals surface area contributed by atoms with Crippen molar-refractivity contribution >= 4 is 27.0 Å². The fraction of sp³-hybridized carbons (Fsp3) is 0.174. The van der Waals surface area contributed by atoms with Gasteiger partial charge in [-0.05, 0) is 34.7 Å². The van der Waals surface area contributed by atoms with E-state index in [0.717, 1.165) is 38.0 Å². The zero-order valence-corrected chi connectivity index (χ0v) is 16.8. The average molecular weight is 405 g/mol. The van der Waals surface area contributed by atoms with E-state index in [2.05, 4.69) is 102 Å². The summed E-state index contributed by atoms with van der Waals surface area (Å²) in [4.78, 5) is 8.38. The Morgan fingerprint density at radius 3 is 2.27 bits per heavy atom. The fourth-order valence-corrected chi connectivity index (χ4v) is 3.59.